The molecule has 1 N–H and O–H groups in total. The van der Waals surface area contributed by atoms with Crippen molar-refractivity contribution in [3.05, 3.63) is 65.2 Å². The number of fused-ring (bicyclic) bond motifs is 1. The van der Waals surface area contributed by atoms with Crippen molar-refractivity contribution in [3.63, 3.8) is 0 Å². The molecule has 0 amide bonds. The van der Waals surface area contributed by atoms with Gasteiger partial charge in [0, 0.05) is 6.04 Å². The molecule has 0 saturated carbocycles. The molecule has 0 aromatic heterocycles. The summed E-state index contributed by atoms with van der Waals surface area (Å²) in [5.41, 5.74) is 4.37. The number of hydrogen-bond acceptors (Lipinski definition) is 2. The maximum absolute atomic E-state index is 5.36. The summed E-state index contributed by atoms with van der Waals surface area (Å²) in [6, 6.07) is 17.6. The van der Waals surface area contributed by atoms with E-state index in [1.807, 2.05) is 6.07 Å². The Bertz CT molecular complexity index is 608. The third-order valence-corrected chi connectivity index (χ3v) is 4.43. The van der Waals surface area contributed by atoms with Crippen molar-refractivity contribution in [2.45, 2.75) is 31.7 Å². The summed E-state index contributed by atoms with van der Waals surface area (Å²) in [5.74, 6) is 1.61. The summed E-state index contributed by atoms with van der Waals surface area (Å²) >= 11 is 0. The van der Waals surface area contributed by atoms with Gasteiger partial charge in [0.2, 0.25) is 0 Å². The molecule has 0 spiro atoms. The first-order chi connectivity index (χ1) is 10.3. The van der Waals surface area contributed by atoms with E-state index >= 15 is 0 Å². The van der Waals surface area contributed by atoms with Gasteiger partial charge in [-0.2, -0.15) is 0 Å². The minimum Gasteiger partial charge on any atom is -0.497 e. The van der Waals surface area contributed by atoms with Crippen LogP contribution in [0.2, 0.25) is 0 Å². The molecule has 1 aliphatic carbocycles. The predicted molar refractivity (Wildman–Crippen MR) is 86.9 cm³/mol. The monoisotopic (exact) mass is 281 g/mol. The molecule has 3 rings (SSSR count). The van der Waals surface area contributed by atoms with Gasteiger partial charge in [0.05, 0.1) is 7.11 Å². The van der Waals surface area contributed by atoms with Gasteiger partial charge in [-0.25, -0.2) is 0 Å². The Morgan fingerprint density at radius 2 is 2.05 bits per heavy atom. The highest BCUT2D eigenvalue weighted by Gasteiger charge is 2.28. The lowest BCUT2D eigenvalue weighted by atomic mass is 9.74. The van der Waals surface area contributed by atoms with Crippen molar-refractivity contribution in [2.24, 2.45) is 0 Å². The van der Waals surface area contributed by atoms with Crippen LogP contribution in [-0.4, -0.2) is 13.7 Å². The Morgan fingerprint density at radius 3 is 2.81 bits per heavy atom. The standard InChI is InChI=1S/C19H23NO/c1-3-20-19(15-8-6-9-17(12-15)21-2)13-16-11-14-7-4-5-10-18(14)16/h4-10,12,16,19-20H,3,11,13H2,1-2H3. The summed E-state index contributed by atoms with van der Waals surface area (Å²) in [6.45, 7) is 3.15. The molecule has 0 fully saturated rings. The minimum absolute atomic E-state index is 0.392. The van der Waals surface area contributed by atoms with Gasteiger partial charge in [-0.3, -0.25) is 0 Å². The topological polar surface area (TPSA) is 21.3 Å². The van der Waals surface area contributed by atoms with Crippen LogP contribution in [0.4, 0.5) is 0 Å². The first-order valence-corrected chi connectivity index (χ1v) is 7.77. The van der Waals surface area contributed by atoms with Crippen molar-refractivity contribution in [1.82, 2.24) is 5.32 Å². The molecule has 2 aromatic rings. The molecule has 0 aliphatic heterocycles. The van der Waals surface area contributed by atoms with Crippen LogP contribution in [0.25, 0.3) is 0 Å². The fraction of sp³-hybridized carbons (Fsp3) is 0.368. The highest BCUT2D eigenvalue weighted by Crippen LogP contribution is 2.40. The first-order valence-electron chi connectivity index (χ1n) is 7.77. The Balaban J connectivity index is 1.76. The quantitative estimate of drug-likeness (QED) is 0.861. The fourth-order valence-electron chi connectivity index (χ4n) is 3.30. The Kier molecular flexibility index (Phi) is 4.26. The average Bonchev–Trinajstić information content (AvgIpc) is 2.51. The van der Waals surface area contributed by atoms with E-state index in [-0.39, 0.29) is 0 Å². The Morgan fingerprint density at radius 1 is 1.19 bits per heavy atom. The molecule has 110 valence electrons. The van der Waals surface area contributed by atoms with Crippen molar-refractivity contribution >= 4 is 0 Å². The van der Waals surface area contributed by atoms with Crippen LogP contribution in [0, 0.1) is 0 Å². The van der Waals surface area contributed by atoms with Gasteiger partial charge in [-0.05, 0) is 54.1 Å². The second kappa shape index (κ2) is 6.31. The maximum Gasteiger partial charge on any atom is 0.119 e. The summed E-state index contributed by atoms with van der Waals surface area (Å²) in [4.78, 5) is 0. The van der Waals surface area contributed by atoms with E-state index in [4.69, 9.17) is 4.74 Å². The number of methoxy groups -OCH3 is 1. The van der Waals surface area contributed by atoms with E-state index in [0.29, 0.717) is 12.0 Å². The number of nitrogens with one attached hydrogen (secondary N) is 1. The number of rotatable bonds is 6. The SMILES string of the molecule is CCNC(CC1Cc2ccccc21)c1cccc(OC)c1. The molecule has 0 radical (unpaired) electrons. The second-order valence-electron chi connectivity index (χ2n) is 5.72. The smallest absolute Gasteiger partial charge is 0.119 e. The van der Waals surface area contributed by atoms with Gasteiger partial charge in [-0.1, -0.05) is 43.3 Å². The van der Waals surface area contributed by atoms with E-state index in [0.717, 1.165) is 18.7 Å². The zero-order valence-electron chi connectivity index (χ0n) is 12.8. The van der Waals surface area contributed by atoms with Crippen molar-refractivity contribution < 1.29 is 4.74 Å². The number of benzene rings is 2. The minimum atomic E-state index is 0.392. The van der Waals surface area contributed by atoms with Crippen LogP contribution in [0.1, 0.15) is 42.0 Å². The summed E-state index contributed by atoms with van der Waals surface area (Å²) in [7, 11) is 1.73. The van der Waals surface area contributed by atoms with Crippen LogP contribution in [0.15, 0.2) is 48.5 Å². The molecule has 2 aromatic carbocycles. The Labute approximate surface area is 127 Å². The molecular formula is C19H23NO. The average molecular weight is 281 g/mol. The van der Waals surface area contributed by atoms with Crippen molar-refractivity contribution in [1.29, 1.82) is 0 Å². The van der Waals surface area contributed by atoms with Gasteiger partial charge >= 0.3 is 0 Å². The summed E-state index contributed by atoms with van der Waals surface area (Å²) < 4.78 is 5.36. The second-order valence-corrected chi connectivity index (χ2v) is 5.72. The zero-order valence-corrected chi connectivity index (χ0v) is 12.8. The Hall–Kier alpha value is -1.80. The fourth-order valence-corrected chi connectivity index (χ4v) is 3.30. The normalized spacial score (nSPS) is 17.7. The highest BCUT2D eigenvalue weighted by atomic mass is 16.5. The molecule has 0 saturated heterocycles. The van der Waals surface area contributed by atoms with Crippen molar-refractivity contribution in [3.8, 4) is 5.75 Å². The van der Waals surface area contributed by atoms with E-state index in [1.165, 1.54) is 23.1 Å². The van der Waals surface area contributed by atoms with Gasteiger partial charge < -0.3 is 10.1 Å². The van der Waals surface area contributed by atoms with Crippen LogP contribution in [0.3, 0.4) is 0 Å². The van der Waals surface area contributed by atoms with Crippen molar-refractivity contribution in [2.75, 3.05) is 13.7 Å². The molecule has 2 unspecified atom stereocenters. The molecule has 0 bridgehead atoms. The predicted octanol–water partition coefficient (Wildman–Crippen LogP) is 4.08. The largest absolute Gasteiger partial charge is 0.497 e. The first kappa shape index (κ1) is 14.2. The van der Waals surface area contributed by atoms with E-state index in [2.05, 4.69) is 54.7 Å². The van der Waals surface area contributed by atoms with Crippen LogP contribution >= 0.6 is 0 Å². The van der Waals surface area contributed by atoms with E-state index in [9.17, 15) is 0 Å². The zero-order chi connectivity index (χ0) is 14.7. The van der Waals surface area contributed by atoms with Crippen LogP contribution < -0.4 is 10.1 Å². The summed E-state index contributed by atoms with van der Waals surface area (Å²) in [6.07, 6.45) is 2.36. The maximum atomic E-state index is 5.36. The molecule has 2 atom stereocenters. The lowest BCUT2D eigenvalue weighted by Crippen LogP contribution is -2.27. The van der Waals surface area contributed by atoms with Gasteiger partial charge in [0.15, 0.2) is 0 Å². The van der Waals surface area contributed by atoms with Crippen LogP contribution in [0.5, 0.6) is 5.75 Å². The van der Waals surface area contributed by atoms with Gasteiger partial charge in [0.25, 0.3) is 0 Å². The third-order valence-electron chi connectivity index (χ3n) is 4.43. The van der Waals surface area contributed by atoms with Crippen LogP contribution in [-0.2, 0) is 6.42 Å². The highest BCUT2D eigenvalue weighted by molar-refractivity contribution is 5.40. The molecule has 0 heterocycles. The van der Waals surface area contributed by atoms with Gasteiger partial charge in [0.1, 0.15) is 5.75 Å². The lowest BCUT2D eigenvalue weighted by Gasteiger charge is -2.33. The third kappa shape index (κ3) is 2.96. The molecule has 1 aliphatic rings. The van der Waals surface area contributed by atoms with E-state index in [1.54, 1.807) is 7.11 Å². The summed E-state index contributed by atoms with van der Waals surface area (Å²) in [5, 5.41) is 3.62. The van der Waals surface area contributed by atoms with E-state index < -0.39 is 0 Å². The van der Waals surface area contributed by atoms with Gasteiger partial charge in [-0.15, -0.1) is 0 Å². The number of ether oxygens (including phenoxy) is 1. The molecule has 2 nitrogen and oxygen atoms in total. The number of hydrogen-bond donors (Lipinski definition) is 1. The molecule has 2 heteroatoms. The molecular weight excluding hydrogens is 258 g/mol. The molecule has 21 heavy (non-hydrogen) atoms. The lowest BCUT2D eigenvalue weighted by molar-refractivity contribution is 0.408.